The van der Waals surface area contributed by atoms with E-state index in [1.165, 1.54) is 23.1 Å². The number of aromatic hydroxyl groups is 2. The molecule has 0 unspecified atom stereocenters. The third-order valence-electron chi connectivity index (χ3n) is 2.08. The molecule has 108 valence electrons. The van der Waals surface area contributed by atoms with Gasteiger partial charge >= 0.3 is 0 Å². The summed E-state index contributed by atoms with van der Waals surface area (Å²) < 4.78 is 32.1. The Morgan fingerprint density at radius 1 is 1.15 bits per heavy atom. The molecule has 0 atom stereocenters. The van der Waals surface area contributed by atoms with E-state index >= 15 is 0 Å². The monoisotopic (exact) mass is 352 g/mol. The largest absolute Gasteiger partial charge is 0.507 e. The molecule has 2 aromatic rings. The first-order valence-corrected chi connectivity index (χ1v) is 9.20. The smallest absolute Gasteiger partial charge is 0.298 e. The lowest BCUT2D eigenvalue weighted by Crippen LogP contribution is -1.98. The minimum Gasteiger partial charge on any atom is -0.507 e. The lowest BCUT2D eigenvalue weighted by atomic mass is 10.3. The number of nitrogens with zero attached hydrogens (tertiary/aromatic N) is 2. The highest BCUT2D eigenvalue weighted by Crippen LogP contribution is 2.41. The van der Waals surface area contributed by atoms with E-state index < -0.39 is 20.8 Å². The Labute approximate surface area is 126 Å². The Kier molecular flexibility index (Phi) is 4.44. The van der Waals surface area contributed by atoms with Crippen molar-refractivity contribution in [1.82, 2.24) is 10.2 Å². The van der Waals surface area contributed by atoms with Gasteiger partial charge in [-0.05, 0) is 12.3 Å². The molecule has 0 saturated carbocycles. The highest BCUT2D eigenvalue weighted by molar-refractivity contribution is 8.03. The van der Waals surface area contributed by atoms with E-state index in [1.54, 1.807) is 0 Å². The van der Waals surface area contributed by atoms with Gasteiger partial charge in [0.05, 0.1) is 4.90 Å². The van der Waals surface area contributed by atoms with Crippen LogP contribution in [0.2, 0.25) is 0 Å². The molecule has 1 aromatic heterocycles. The van der Waals surface area contributed by atoms with Crippen LogP contribution in [0.4, 0.5) is 0 Å². The number of phenolic OH excluding ortho intramolecular Hbond substituents is 2. The number of hydrogen-bond donors (Lipinski definition) is 3. The average Bonchev–Trinajstić information content (AvgIpc) is 2.79. The van der Waals surface area contributed by atoms with Gasteiger partial charge in [0.25, 0.3) is 10.1 Å². The Bertz CT molecular complexity index is 743. The molecular weight excluding hydrogens is 344 g/mol. The van der Waals surface area contributed by atoms with Gasteiger partial charge in [0.1, 0.15) is 16.4 Å². The van der Waals surface area contributed by atoms with Crippen LogP contribution in [0.3, 0.4) is 0 Å². The van der Waals surface area contributed by atoms with Crippen LogP contribution >= 0.6 is 34.9 Å². The SMILES string of the molecule is CSc1nnc(Sc2cc(O)c(S(=O)(=O)O)cc2O)s1. The van der Waals surface area contributed by atoms with Gasteiger partial charge in [-0.25, -0.2) is 0 Å². The van der Waals surface area contributed by atoms with Gasteiger partial charge in [-0.2, -0.15) is 8.42 Å². The summed E-state index contributed by atoms with van der Waals surface area (Å²) in [5, 5.41) is 27.1. The Morgan fingerprint density at radius 2 is 1.80 bits per heavy atom. The molecule has 0 fully saturated rings. The predicted molar refractivity (Wildman–Crippen MR) is 75.4 cm³/mol. The molecule has 11 heteroatoms. The molecule has 0 aliphatic heterocycles. The van der Waals surface area contributed by atoms with Crippen molar-refractivity contribution in [1.29, 1.82) is 0 Å². The summed E-state index contributed by atoms with van der Waals surface area (Å²) in [4.78, 5) is -0.542. The van der Waals surface area contributed by atoms with Gasteiger partial charge in [0.2, 0.25) is 0 Å². The second-order valence-electron chi connectivity index (χ2n) is 3.40. The molecular formula is C9H8N2O5S4. The summed E-state index contributed by atoms with van der Waals surface area (Å²) in [7, 11) is -4.59. The lowest BCUT2D eigenvalue weighted by Gasteiger charge is -2.06. The minimum absolute atomic E-state index is 0.207. The summed E-state index contributed by atoms with van der Waals surface area (Å²) in [6, 6.07) is 1.83. The molecule has 0 aliphatic rings. The summed E-state index contributed by atoms with van der Waals surface area (Å²) in [6.07, 6.45) is 1.85. The molecule has 0 radical (unpaired) electrons. The van der Waals surface area contributed by atoms with Crippen LogP contribution in [0, 0.1) is 0 Å². The normalized spacial score (nSPS) is 11.7. The molecule has 0 aliphatic carbocycles. The summed E-state index contributed by atoms with van der Waals surface area (Å²) >= 11 is 3.75. The van der Waals surface area contributed by atoms with Gasteiger partial charge in [-0.3, -0.25) is 4.55 Å². The third kappa shape index (κ3) is 3.35. The van der Waals surface area contributed by atoms with Gasteiger partial charge in [-0.15, -0.1) is 10.2 Å². The lowest BCUT2D eigenvalue weighted by molar-refractivity contribution is 0.426. The van der Waals surface area contributed by atoms with Crippen molar-refractivity contribution in [2.75, 3.05) is 6.26 Å². The highest BCUT2D eigenvalue weighted by Gasteiger charge is 2.20. The zero-order valence-corrected chi connectivity index (χ0v) is 13.1. The van der Waals surface area contributed by atoms with Crippen LogP contribution in [0.25, 0.3) is 0 Å². The molecule has 20 heavy (non-hydrogen) atoms. The maximum Gasteiger partial charge on any atom is 0.298 e. The molecule has 0 saturated heterocycles. The molecule has 0 amide bonds. The first-order chi connectivity index (χ1) is 9.31. The van der Waals surface area contributed by atoms with Gasteiger partial charge in [-0.1, -0.05) is 34.9 Å². The zero-order valence-electron chi connectivity index (χ0n) is 9.84. The second kappa shape index (κ2) is 5.77. The van der Waals surface area contributed by atoms with E-state index in [9.17, 15) is 18.6 Å². The first-order valence-electron chi connectivity index (χ1n) is 4.90. The molecule has 2 rings (SSSR count). The zero-order chi connectivity index (χ0) is 14.9. The van der Waals surface area contributed by atoms with Crippen LogP contribution in [-0.2, 0) is 10.1 Å². The van der Waals surface area contributed by atoms with E-state index in [0.29, 0.717) is 4.34 Å². The quantitative estimate of drug-likeness (QED) is 0.431. The number of aromatic nitrogens is 2. The third-order valence-corrected chi connectivity index (χ3v) is 5.96. The van der Waals surface area contributed by atoms with Crippen LogP contribution in [-0.4, -0.2) is 39.6 Å². The second-order valence-corrected chi connectivity index (χ2v) is 8.11. The van der Waals surface area contributed by atoms with Crippen molar-refractivity contribution in [3.63, 3.8) is 0 Å². The van der Waals surface area contributed by atoms with Gasteiger partial charge in [0.15, 0.2) is 8.68 Å². The van der Waals surface area contributed by atoms with Crippen molar-refractivity contribution < 1.29 is 23.2 Å². The number of rotatable bonds is 4. The van der Waals surface area contributed by atoms with Crippen molar-refractivity contribution in [2.24, 2.45) is 0 Å². The molecule has 7 nitrogen and oxygen atoms in total. The van der Waals surface area contributed by atoms with Gasteiger partial charge < -0.3 is 10.2 Å². The number of hydrogen-bond acceptors (Lipinski definition) is 9. The standard InChI is InChI=1S/C9H8N2O5S4/c1-17-8-10-11-9(19-8)18-6-2-5(13)7(3-4(6)12)20(14,15)16/h2-3,12-13H,1H3,(H,14,15,16). The Balaban J connectivity index is 2.36. The van der Waals surface area contributed by atoms with Crippen molar-refractivity contribution in [2.45, 2.75) is 18.5 Å². The first kappa shape index (κ1) is 15.4. The van der Waals surface area contributed by atoms with Crippen molar-refractivity contribution in [3.8, 4) is 11.5 Å². The van der Waals surface area contributed by atoms with Crippen LogP contribution in [0.15, 0.2) is 30.6 Å². The minimum atomic E-state index is -4.59. The predicted octanol–water partition coefficient (Wildman–Crippen LogP) is 2.07. The Hall–Kier alpha value is -1.01. The van der Waals surface area contributed by atoms with Crippen molar-refractivity contribution in [3.05, 3.63) is 12.1 Å². The van der Waals surface area contributed by atoms with Crippen LogP contribution in [0.1, 0.15) is 0 Å². The molecule has 3 N–H and O–H groups in total. The molecule has 1 heterocycles. The average molecular weight is 352 g/mol. The van der Waals surface area contributed by atoms with Crippen molar-refractivity contribution >= 4 is 45.0 Å². The number of benzene rings is 1. The maximum absolute atomic E-state index is 11.0. The summed E-state index contributed by atoms with van der Waals surface area (Å²) in [5.41, 5.74) is 0. The topological polar surface area (TPSA) is 121 Å². The fourth-order valence-corrected chi connectivity index (χ4v) is 4.27. The summed E-state index contributed by atoms with van der Waals surface area (Å²) in [6.45, 7) is 0. The van der Waals surface area contributed by atoms with Crippen LogP contribution in [0.5, 0.6) is 11.5 Å². The van der Waals surface area contributed by atoms with E-state index in [2.05, 4.69) is 10.2 Å². The van der Waals surface area contributed by atoms with Gasteiger partial charge in [0, 0.05) is 6.07 Å². The van der Waals surface area contributed by atoms with Crippen LogP contribution < -0.4 is 0 Å². The fourth-order valence-electron chi connectivity index (χ4n) is 1.24. The van der Waals surface area contributed by atoms with E-state index in [1.807, 2.05) is 6.26 Å². The number of thioether (sulfide) groups is 1. The maximum atomic E-state index is 11.0. The van der Waals surface area contributed by atoms with E-state index in [-0.39, 0.29) is 10.6 Å². The Morgan fingerprint density at radius 3 is 2.35 bits per heavy atom. The molecule has 0 bridgehead atoms. The summed E-state index contributed by atoms with van der Waals surface area (Å²) in [5.74, 6) is -1.04. The molecule has 1 aromatic carbocycles. The van der Waals surface area contributed by atoms with E-state index in [0.717, 1.165) is 28.2 Å². The highest BCUT2D eigenvalue weighted by atomic mass is 32.2. The molecule has 0 spiro atoms. The van der Waals surface area contributed by atoms with E-state index in [4.69, 9.17) is 4.55 Å². The fraction of sp³-hybridized carbons (Fsp3) is 0.111. The number of phenols is 2.